The first-order valence-corrected chi connectivity index (χ1v) is 17.0. The molecule has 3 aromatic rings. The normalized spacial score (nSPS) is 11.4. The van der Waals surface area contributed by atoms with Gasteiger partial charge < -0.3 is 21.3 Å². The van der Waals surface area contributed by atoms with Crippen LogP contribution in [0.15, 0.2) is 82.8 Å². The molecule has 0 aliphatic heterocycles. The molecule has 2 amide bonds. The summed E-state index contributed by atoms with van der Waals surface area (Å²) in [4.78, 5) is 35.4. The zero-order valence-corrected chi connectivity index (χ0v) is 29.3. The van der Waals surface area contributed by atoms with Gasteiger partial charge >= 0.3 is 0 Å². The Kier molecular flexibility index (Phi) is 18.6. The molecular weight excluding hydrogens is 608 g/mol. The van der Waals surface area contributed by atoms with Gasteiger partial charge in [0.25, 0.3) is 11.8 Å². The Bertz CT molecular complexity index is 1300. The highest BCUT2D eigenvalue weighted by Gasteiger charge is 2.11. The minimum Gasteiger partial charge on any atom is -0.370 e. The predicted molar refractivity (Wildman–Crippen MR) is 201 cm³/mol. The highest BCUT2D eigenvalue weighted by atomic mass is 35.5. The summed E-state index contributed by atoms with van der Waals surface area (Å²) >= 11 is 0. The molecule has 0 unspecified atom stereocenters. The molecule has 0 radical (unpaired) electrons. The number of halogens is 1. The van der Waals surface area contributed by atoms with E-state index in [4.69, 9.17) is 9.98 Å². The van der Waals surface area contributed by atoms with Crippen LogP contribution in [-0.2, 0) is 0 Å². The molecule has 0 bridgehead atoms. The molecule has 9 heteroatoms. The second-order valence-electron chi connectivity index (χ2n) is 11.4. The molecule has 0 heterocycles. The zero-order valence-electron chi connectivity index (χ0n) is 28.5. The van der Waals surface area contributed by atoms with Gasteiger partial charge in [-0.1, -0.05) is 53.4 Å². The lowest BCUT2D eigenvalue weighted by Crippen LogP contribution is -2.26. The van der Waals surface area contributed by atoms with E-state index >= 15 is 0 Å². The fraction of sp³-hybridized carbons (Fsp3) is 0.421. The van der Waals surface area contributed by atoms with Crippen molar-refractivity contribution in [1.29, 1.82) is 0 Å². The maximum atomic E-state index is 12.9. The van der Waals surface area contributed by atoms with Crippen molar-refractivity contribution in [2.24, 2.45) is 9.98 Å². The van der Waals surface area contributed by atoms with Gasteiger partial charge in [0, 0.05) is 59.8 Å². The van der Waals surface area contributed by atoms with E-state index in [0.717, 1.165) is 100 Å². The van der Waals surface area contributed by atoms with Gasteiger partial charge in [-0.05, 0) is 98.5 Å². The number of aliphatic imine (C=N–C) groups is 2. The van der Waals surface area contributed by atoms with Gasteiger partial charge in [-0.3, -0.25) is 19.6 Å². The zero-order chi connectivity index (χ0) is 33.0. The second kappa shape index (κ2) is 22.4. The summed E-state index contributed by atoms with van der Waals surface area (Å²) in [6.07, 6.45) is 8.71. The summed E-state index contributed by atoms with van der Waals surface area (Å²) in [5.74, 6) is 1.31. The van der Waals surface area contributed by atoms with Crippen molar-refractivity contribution in [2.45, 2.75) is 79.1 Å². The van der Waals surface area contributed by atoms with Crippen LogP contribution in [-0.4, -0.2) is 49.7 Å². The highest BCUT2D eigenvalue weighted by molar-refractivity contribution is 6.07. The van der Waals surface area contributed by atoms with Crippen LogP contribution >= 0.6 is 12.4 Å². The number of carbonyl (C=O) groups is 2. The third-order valence-electron chi connectivity index (χ3n) is 7.45. The molecule has 254 valence electrons. The van der Waals surface area contributed by atoms with E-state index in [1.165, 1.54) is 0 Å². The molecule has 47 heavy (non-hydrogen) atoms. The number of nitrogens with one attached hydrogen (secondary N) is 4. The average molecular weight is 661 g/mol. The number of hydrogen-bond acceptors (Lipinski definition) is 4. The van der Waals surface area contributed by atoms with Gasteiger partial charge in [0.2, 0.25) is 0 Å². The van der Waals surface area contributed by atoms with Crippen LogP contribution in [0.2, 0.25) is 0 Å². The quantitative estimate of drug-likeness (QED) is 0.0623. The van der Waals surface area contributed by atoms with Gasteiger partial charge in [-0.2, -0.15) is 0 Å². The van der Waals surface area contributed by atoms with Gasteiger partial charge in [-0.25, -0.2) is 0 Å². The highest BCUT2D eigenvalue weighted by Crippen LogP contribution is 2.15. The number of amides is 2. The van der Waals surface area contributed by atoms with E-state index in [9.17, 15) is 9.59 Å². The number of hydrogen-bond donors (Lipinski definition) is 4. The van der Waals surface area contributed by atoms with Gasteiger partial charge in [-0.15, -0.1) is 12.4 Å². The van der Waals surface area contributed by atoms with Crippen LogP contribution < -0.4 is 21.3 Å². The first kappa shape index (κ1) is 39.0. The Morgan fingerprint density at radius 2 is 0.809 bits per heavy atom. The van der Waals surface area contributed by atoms with Gasteiger partial charge in [0.15, 0.2) is 0 Å². The summed E-state index contributed by atoms with van der Waals surface area (Å²) in [6, 6.07) is 22.1. The molecule has 0 aromatic heterocycles. The number of nitrogens with zero attached hydrogens (tertiary/aromatic N) is 2. The van der Waals surface area contributed by atoms with Crippen molar-refractivity contribution in [3.8, 4) is 0 Å². The first-order chi connectivity index (χ1) is 22.5. The third-order valence-corrected chi connectivity index (χ3v) is 7.45. The van der Waals surface area contributed by atoms with Crippen LogP contribution in [0, 0.1) is 0 Å². The molecule has 0 fully saturated rings. The lowest BCUT2D eigenvalue weighted by atomic mass is 10.1. The minimum absolute atomic E-state index is 0. The number of benzene rings is 3. The van der Waals surface area contributed by atoms with Crippen LogP contribution in [0.3, 0.4) is 0 Å². The van der Waals surface area contributed by atoms with E-state index in [1.54, 1.807) is 24.3 Å². The number of amidine groups is 2. The maximum Gasteiger partial charge on any atom is 0.255 e. The summed E-state index contributed by atoms with van der Waals surface area (Å²) < 4.78 is 0. The average Bonchev–Trinajstić information content (AvgIpc) is 3.08. The van der Waals surface area contributed by atoms with Crippen LogP contribution in [0.4, 0.5) is 11.4 Å². The molecule has 0 spiro atoms. The minimum atomic E-state index is -0.239. The Hall–Kier alpha value is -4.17. The monoisotopic (exact) mass is 660 g/mol. The molecule has 0 saturated heterocycles. The van der Waals surface area contributed by atoms with Crippen LogP contribution in [0.25, 0.3) is 0 Å². The van der Waals surface area contributed by atoms with Crippen molar-refractivity contribution in [3.05, 3.63) is 95.1 Å². The SMILES string of the molecule is CCCCN=C(NCCCC)c1ccc(NC(=O)c2ccc(C(=O)Nc3ccc(C(=NCCCC)NCCCC)cc3)cc2)cc1.Cl. The van der Waals surface area contributed by atoms with E-state index in [-0.39, 0.29) is 24.2 Å². The van der Waals surface area contributed by atoms with Crippen LogP contribution in [0.5, 0.6) is 0 Å². The second-order valence-corrected chi connectivity index (χ2v) is 11.4. The van der Waals surface area contributed by atoms with Crippen molar-refractivity contribution in [1.82, 2.24) is 10.6 Å². The summed E-state index contributed by atoms with van der Waals surface area (Å²) in [5.41, 5.74) is 4.33. The van der Waals surface area contributed by atoms with Crippen molar-refractivity contribution in [2.75, 3.05) is 36.8 Å². The lowest BCUT2D eigenvalue weighted by Gasteiger charge is -2.12. The summed E-state index contributed by atoms with van der Waals surface area (Å²) in [6.45, 7) is 12.0. The fourth-order valence-corrected chi connectivity index (χ4v) is 4.57. The lowest BCUT2D eigenvalue weighted by molar-refractivity contribution is 0.101. The van der Waals surface area contributed by atoms with Crippen LogP contribution in [0.1, 0.15) is 111 Å². The van der Waals surface area contributed by atoms with Gasteiger partial charge in [0.1, 0.15) is 11.7 Å². The molecule has 0 aliphatic rings. The number of carbonyl (C=O) groups excluding carboxylic acids is 2. The standard InChI is InChI=1S/C38H52N6O2.ClH/c1-5-9-25-39-35(40-26-10-6-2)29-17-21-33(22-18-29)43-37(45)31-13-15-32(16-14-31)38(46)44-34-23-19-30(20-24-34)36(41-27-11-7-3)42-28-12-8-4;/h13-24H,5-12,25-28H2,1-4H3,(H,39,40)(H,41,42)(H,43,45)(H,44,46);1H. The van der Waals surface area contributed by atoms with Crippen molar-refractivity contribution < 1.29 is 9.59 Å². The molecule has 0 aliphatic carbocycles. The number of anilines is 2. The van der Waals surface area contributed by atoms with E-state index < -0.39 is 0 Å². The number of unbranched alkanes of at least 4 members (excludes halogenated alkanes) is 4. The summed E-state index contributed by atoms with van der Waals surface area (Å²) in [5, 5.41) is 12.8. The predicted octanol–water partition coefficient (Wildman–Crippen LogP) is 8.49. The van der Waals surface area contributed by atoms with Crippen molar-refractivity contribution >= 4 is 47.3 Å². The number of rotatable bonds is 18. The smallest absolute Gasteiger partial charge is 0.255 e. The Morgan fingerprint density at radius 1 is 0.489 bits per heavy atom. The Balaban J connectivity index is 0.00000768. The molecule has 0 atom stereocenters. The third kappa shape index (κ3) is 13.6. The van der Waals surface area contributed by atoms with E-state index in [1.807, 2.05) is 48.5 Å². The molecule has 4 N–H and O–H groups in total. The molecule has 8 nitrogen and oxygen atoms in total. The Labute approximate surface area is 287 Å². The molecule has 0 saturated carbocycles. The first-order valence-electron chi connectivity index (χ1n) is 17.0. The topological polar surface area (TPSA) is 107 Å². The van der Waals surface area contributed by atoms with Crippen molar-refractivity contribution in [3.63, 3.8) is 0 Å². The molecule has 3 aromatic carbocycles. The molecule has 3 rings (SSSR count). The van der Waals surface area contributed by atoms with Gasteiger partial charge in [0.05, 0.1) is 0 Å². The van der Waals surface area contributed by atoms with E-state index in [2.05, 4.69) is 49.0 Å². The fourth-order valence-electron chi connectivity index (χ4n) is 4.57. The maximum absolute atomic E-state index is 12.9. The largest absolute Gasteiger partial charge is 0.370 e. The Morgan fingerprint density at radius 3 is 1.13 bits per heavy atom. The molecular formula is C38H53ClN6O2. The van der Waals surface area contributed by atoms with E-state index in [0.29, 0.717) is 22.5 Å². The summed E-state index contributed by atoms with van der Waals surface area (Å²) in [7, 11) is 0.